The smallest absolute Gasteiger partial charge is 0.255 e. The first-order valence-electron chi connectivity index (χ1n) is 5.84. The van der Waals surface area contributed by atoms with Gasteiger partial charge in [-0.3, -0.25) is 4.79 Å². The molecular weight excluding hydrogens is 264 g/mol. The van der Waals surface area contributed by atoms with Crippen molar-refractivity contribution in [2.75, 3.05) is 0 Å². The maximum Gasteiger partial charge on any atom is 0.255 e. The summed E-state index contributed by atoms with van der Waals surface area (Å²) in [6, 6.07) is 3.86. The summed E-state index contributed by atoms with van der Waals surface area (Å²) < 4.78 is 0. The number of phenols is 2. The summed E-state index contributed by atoms with van der Waals surface area (Å²) in [5, 5.41) is 22.2. The topological polar surface area (TPSA) is 82.5 Å². The van der Waals surface area contributed by atoms with Crippen molar-refractivity contribution in [3.8, 4) is 11.5 Å². The van der Waals surface area contributed by atoms with Crippen LogP contribution in [0.15, 0.2) is 24.4 Å². The van der Waals surface area contributed by atoms with Gasteiger partial charge in [-0.15, -0.1) is 11.3 Å². The Bertz CT molecular complexity index is 595. The van der Waals surface area contributed by atoms with Crippen LogP contribution in [0.25, 0.3) is 0 Å². The van der Waals surface area contributed by atoms with E-state index in [-0.39, 0.29) is 17.1 Å². The van der Waals surface area contributed by atoms with Crippen molar-refractivity contribution in [3.63, 3.8) is 0 Å². The third-order valence-corrected chi connectivity index (χ3v) is 3.72. The summed E-state index contributed by atoms with van der Waals surface area (Å²) in [6.07, 6.45) is 2.72. The molecule has 6 heteroatoms. The van der Waals surface area contributed by atoms with Crippen LogP contribution in [0.4, 0.5) is 0 Å². The molecule has 3 N–H and O–H groups in total. The maximum atomic E-state index is 11.9. The van der Waals surface area contributed by atoms with E-state index in [0.717, 1.165) is 22.4 Å². The number of hydrogen-bond donors (Lipinski definition) is 3. The van der Waals surface area contributed by atoms with Gasteiger partial charge in [-0.2, -0.15) is 0 Å². The van der Waals surface area contributed by atoms with Crippen molar-refractivity contribution in [2.24, 2.45) is 0 Å². The molecule has 0 saturated heterocycles. The highest BCUT2D eigenvalue weighted by Crippen LogP contribution is 2.22. The van der Waals surface area contributed by atoms with Gasteiger partial charge in [-0.05, 0) is 18.6 Å². The van der Waals surface area contributed by atoms with Crippen LogP contribution in [0.2, 0.25) is 0 Å². The molecule has 1 amide bonds. The lowest BCUT2D eigenvalue weighted by atomic mass is 10.2. The second kappa shape index (κ2) is 5.71. The molecule has 0 saturated carbocycles. The number of benzene rings is 1. The van der Waals surface area contributed by atoms with Crippen molar-refractivity contribution >= 4 is 17.2 Å². The Labute approximate surface area is 114 Å². The molecule has 5 nitrogen and oxygen atoms in total. The Morgan fingerprint density at radius 3 is 2.84 bits per heavy atom. The largest absolute Gasteiger partial charge is 0.508 e. The molecule has 0 bridgehead atoms. The first kappa shape index (κ1) is 13.4. The molecule has 0 fully saturated rings. The molecule has 1 aromatic heterocycles. The summed E-state index contributed by atoms with van der Waals surface area (Å²) in [6.45, 7) is 2.37. The van der Waals surface area contributed by atoms with E-state index in [2.05, 4.69) is 10.3 Å². The molecule has 0 atom stereocenters. The quantitative estimate of drug-likeness (QED) is 0.799. The molecule has 100 valence electrons. The highest BCUT2D eigenvalue weighted by Gasteiger charge is 2.12. The van der Waals surface area contributed by atoms with Crippen molar-refractivity contribution in [1.29, 1.82) is 0 Å². The molecular formula is C13H14N2O3S. The lowest BCUT2D eigenvalue weighted by Crippen LogP contribution is -2.22. The van der Waals surface area contributed by atoms with E-state index in [1.54, 1.807) is 17.5 Å². The van der Waals surface area contributed by atoms with Crippen molar-refractivity contribution in [2.45, 2.75) is 19.9 Å². The number of rotatable bonds is 4. The van der Waals surface area contributed by atoms with Crippen LogP contribution in [0.3, 0.4) is 0 Å². The Balaban J connectivity index is 2.01. The molecule has 0 aliphatic carbocycles. The maximum absolute atomic E-state index is 11.9. The van der Waals surface area contributed by atoms with Crippen LogP contribution < -0.4 is 5.32 Å². The van der Waals surface area contributed by atoms with Gasteiger partial charge in [0.25, 0.3) is 5.91 Å². The minimum absolute atomic E-state index is 0.0819. The zero-order valence-electron chi connectivity index (χ0n) is 10.4. The lowest BCUT2D eigenvalue weighted by molar-refractivity contribution is 0.0948. The minimum atomic E-state index is -0.397. The minimum Gasteiger partial charge on any atom is -0.508 e. The van der Waals surface area contributed by atoms with Gasteiger partial charge < -0.3 is 15.5 Å². The number of hydrogen-bond acceptors (Lipinski definition) is 5. The molecule has 19 heavy (non-hydrogen) atoms. The SMILES string of the molecule is CCc1cnc(CNC(=O)c2ccc(O)cc2O)s1. The highest BCUT2D eigenvalue weighted by atomic mass is 32.1. The lowest BCUT2D eigenvalue weighted by Gasteiger charge is -2.05. The van der Waals surface area contributed by atoms with E-state index in [9.17, 15) is 9.90 Å². The van der Waals surface area contributed by atoms with Crippen LogP contribution in [-0.2, 0) is 13.0 Å². The van der Waals surface area contributed by atoms with E-state index < -0.39 is 5.91 Å². The normalized spacial score (nSPS) is 10.4. The number of amides is 1. The Hall–Kier alpha value is -2.08. The summed E-state index contributed by atoms with van der Waals surface area (Å²) in [5.41, 5.74) is 0.130. The zero-order chi connectivity index (χ0) is 13.8. The van der Waals surface area contributed by atoms with Crippen LogP contribution in [-0.4, -0.2) is 21.1 Å². The van der Waals surface area contributed by atoms with Gasteiger partial charge in [0.1, 0.15) is 16.5 Å². The van der Waals surface area contributed by atoms with Gasteiger partial charge in [0.2, 0.25) is 0 Å². The number of carbonyl (C=O) groups excluding carboxylic acids is 1. The van der Waals surface area contributed by atoms with Gasteiger partial charge >= 0.3 is 0 Å². The van der Waals surface area contributed by atoms with E-state index >= 15 is 0 Å². The Kier molecular flexibility index (Phi) is 4.01. The molecule has 0 aliphatic rings. The molecule has 2 aromatic rings. The fourth-order valence-corrected chi connectivity index (χ4v) is 2.36. The van der Waals surface area contributed by atoms with Crippen LogP contribution in [0.5, 0.6) is 11.5 Å². The van der Waals surface area contributed by atoms with Crippen LogP contribution in [0.1, 0.15) is 27.2 Å². The molecule has 0 radical (unpaired) electrons. The van der Waals surface area contributed by atoms with Crippen molar-refractivity contribution in [3.05, 3.63) is 39.8 Å². The predicted molar refractivity (Wildman–Crippen MR) is 72.4 cm³/mol. The molecule has 2 rings (SSSR count). The number of carbonyl (C=O) groups is 1. The number of aryl methyl sites for hydroxylation is 1. The van der Waals surface area contributed by atoms with Gasteiger partial charge in [-0.25, -0.2) is 4.98 Å². The molecule has 0 spiro atoms. The predicted octanol–water partition coefficient (Wildman–Crippen LogP) is 2.05. The Morgan fingerprint density at radius 2 is 2.21 bits per heavy atom. The van der Waals surface area contributed by atoms with Crippen molar-refractivity contribution < 1.29 is 15.0 Å². The second-order valence-corrected chi connectivity index (χ2v) is 5.16. The fourth-order valence-electron chi connectivity index (χ4n) is 1.56. The van der Waals surface area contributed by atoms with E-state index in [1.807, 2.05) is 6.92 Å². The zero-order valence-corrected chi connectivity index (χ0v) is 11.2. The van der Waals surface area contributed by atoms with E-state index in [1.165, 1.54) is 12.1 Å². The number of aromatic hydroxyl groups is 2. The second-order valence-electron chi connectivity index (χ2n) is 3.96. The third-order valence-electron chi connectivity index (χ3n) is 2.58. The van der Waals surface area contributed by atoms with Gasteiger partial charge in [-0.1, -0.05) is 6.92 Å². The van der Waals surface area contributed by atoms with Gasteiger partial charge in [0.15, 0.2) is 0 Å². The van der Waals surface area contributed by atoms with E-state index in [0.29, 0.717) is 6.54 Å². The summed E-state index contributed by atoms with van der Waals surface area (Å²) in [7, 11) is 0. The average Bonchev–Trinajstić information content (AvgIpc) is 2.84. The number of thiazole rings is 1. The number of nitrogens with one attached hydrogen (secondary N) is 1. The fraction of sp³-hybridized carbons (Fsp3) is 0.231. The van der Waals surface area contributed by atoms with Crippen molar-refractivity contribution in [1.82, 2.24) is 10.3 Å². The molecule has 0 unspecified atom stereocenters. The summed E-state index contributed by atoms with van der Waals surface area (Å²) in [5.74, 6) is -0.724. The molecule has 0 aliphatic heterocycles. The monoisotopic (exact) mass is 278 g/mol. The number of nitrogens with zero attached hydrogens (tertiary/aromatic N) is 1. The third kappa shape index (κ3) is 3.23. The van der Waals surface area contributed by atoms with E-state index in [4.69, 9.17) is 5.11 Å². The van der Waals surface area contributed by atoms with Crippen LogP contribution >= 0.6 is 11.3 Å². The number of phenolic OH excluding ortho intramolecular Hbond substituents is 2. The summed E-state index contributed by atoms with van der Waals surface area (Å²) in [4.78, 5) is 17.2. The first-order chi connectivity index (χ1) is 9.10. The average molecular weight is 278 g/mol. The highest BCUT2D eigenvalue weighted by molar-refractivity contribution is 7.11. The summed E-state index contributed by atoms with van der Waals surface area (Å²) >= 11 is 1.55. The van der Waals surface area contributed by atoms with Gasteiger partial charge in [0.05, 0.1) is 12.1 Å². The number of aromatic nitrogens is 1. The first-order valence-corrected chi connectivity index (χ1v) is 6.65. The van der Waals surface area contributed by atoms with Gasteiger partial charge in [0, 0.05) is 17.1 Å². The van der Waals surface area contributed by atoms with Crippen LogP contribution in [0, 0.1) is 0 Å². The molecule has 1 heterocycles. The Morgan fingerprint density at radius 1 is 1.42 bits per heavy atom. The molecule has 1 aromatic carbocycles. The standard InChI is InChI=1S/C13H14N2O3S/c1-2-9-6-14-12(19-9)7-15-13(18)10-4-3-8(16)5-11(10)17/h3-6,16-17H,2,7H2,1H3,(H,15,18).